The Morgan fingerprint density at radius 2 is 1.68 bits per heavy atom. The number of allylic oxidation sites excluding steroid dienone is 1. The third-order valence-electron chi connectivity index (χ3n) is 5.96. The van der Waals surface area contributed by atoms with Gasteiger partial charge in [0.2, 0.25) is 5.88 Å². The van der Waals surface area contributed by atoms with Crippen molar-refractivity contribution in [2.75, 3.05) is 13.2 Å². The maximum absolute atomic E-state index is 13.0. The molecule has 0 amide bonds. The molecule has 1 atom stereocenters. The van der Waals surface area contributed by atoms with Crippen molar-refractivity contribution in [3.8, 4) is 29.1 Å². The molecule has 2 N–H and O–H groups in total. The van der Waals surface area contributed by atoms with Crippen LogP contribution in [0.2, 0.25) is 0 Å². The molecule has 0 radical (unpaired) electrons. The van der Waals surface area contributed by atoms with E-state index in [1.54, 1.807) is 36.4 Å². The number of hydrogen-bond donors (Lipinski definition) is 1. The maximum Gasteiger partial charge on any atom is 0.347 e. The highest BCUT2D eigenvalue weighted by Gasteiger charge is 2.33. The first-order valence-electron chi connectivity index (χ1n) is 12.4. The summed E-state index contributed by atoms with van der Waals surface area (Å²) in [5.74, 6) is 0.823. The van der Waals surface area contributed by atoms with E-state index in [1.807, 2.05) is 37.3 Å². The summed E-state index contributed by atoms with van der Waals surface area (Å²) in [5.41, 5.74) is 8.33. The first-order chi connectivity index (χ1) is 18.1. The molecule has 0 aliphatic carbocycles. The van der Waals surface area contributed by atoms with Crippen molar-refractivity contribution in [1.29, 1.82) is 5.26 Å². The number of nitrogens with two attached hydrogens (primary N) is 1. The van der Waals surface area contributed by atoms with E-state index in [9.17, 15) is 10.1 Å². The molecular weight excluding hydrogens is 468 g/mol. The van der Waals surface area contributed by atoms with E-state index < -0.39 is 11.9 Å². The summed E-state index contributed by atoms with van der Waals surface area (Å²) in [6.45, 7) is 5.17. The summed E-state index contributed by atoms with van der Waals surface area (Å²) in [6.07, 6.45) is 2.73. The Morgan fingerprint density at radius 1 is 0.946 bits per heavy atom. The summed E-state index contributed by atoms with van der Waals surface area (Å²) < 4.78 is 23.2. The van der Waals surface area contributed by atoms with Crippen molar-refractivity contribution in [3.63, 3.8) is 0 Å². The zero-order chi connectivity index (χ0) is 26.2. The lowest BCUT2D eigenvalue weighted by Crippen LogP contribution is -2.21. The van der Waals surface area contributed by atoms with Gasteiger partial charge in [0.05, 0.1) is 19.1 Å². The van der Waals surface area contributed by atoms with Crippen molar-refractivity contribution >= 4 is 5.97 Å². The second-order valence-corrected chi connectivity index (χ2v) is 8.60. The van der Waals surface area contributed by atoms with E-state index in [-0.39, 0.29) is 11.6 Å². The van der Waals surface area contributed by atoms with Crippen LogP contribution >= 0.6 is 0 Å². The lowest BCUT2D eigenvalue weighted by atomic mass is 9.83. The van der Waals surface area contributed by atoms with Crippen molar-refractivity contribution < 1.29 is 23.7 Å². The molecule has 0 saturated carbocycles. The number of carbonyl (C=O) groups excluding carboxylic acids is 1. The van der Waals surface area contributed by atoms with Gasteiger partial charge in [-0.15, -0.1) is 0 Å². The lowest BCUT2D eigenvalue weighted by molar-refractivity contribution is 0.0730. The van der Waals surface area contributed by atoms with E-state index in [0.717, 1.165) is 30.4 Å². The Hall–Kier alpha value is -4.44. The number of carbonyl (C=O) groups is 1. The number of benzene rings is 3. The van der Waals surface area contributed by atoms with Crippen LogP contribution in [-0.4, -0.2) is 19.2 Å². The SMILES string of the molecule is CCCCOc1ccccc1C(=O)Oc1ccc2c(c1)OC(N)=C(C#N)C2c1ccccc1OCCC. The quantitative estimate of drug-likeness (QED) is 0.205. The molecule has 4 rings (SSSR count). The van der Waals surface area contributed by atoms with Crippen LogP contribution in [-0.2, 0) is 0 Å². The predicted octanol–water partition coefficient (Wildman–Crippen LogP) is 6.09. The molecule has 3 aromatic carbocycles. The normalized spacial score (nSPS) is 14.2. The Kier molecular flexibility index (Phi) is 8.32. The molecule has 190 valence electrons. The van der Waals surface area contributed by atoms with Crippen molar-refractivity contribution in [2.45, 2.75) is 39.0 Å². The van der Waals surface area contributed by atoms with E-state index in [2.05, 4.69) is 13.0 Å². The number of rotatable bonds is 10. The van der Waals surface area contributed by atoms with Gasteiger partial charge in [-0.3, -0.25) is 0 Å². The molecule has 1 heterocycles. The fraction of sp³-hybridized carbons (Fsp3) is 0.267. The summed E-state index contributed by atoms with van der Waals surface area (Å²) >= 11 is 0. The van der Waals surface area contributed by atoms with Crippen molar-refractivity contribution in [3.05, 3.63) is 94.9 Å². The zero-order valence-corrected chi connectivity index (χ0v) is 21.0. The Bertz CT molecular complexity index is 1340. The molecule has 0 aromatic heterocycles. The number of unbranched alkanes of at least 4 members (excludes halogenated alkanes) is 1. The summed E-state index contributed by atoms with van der Waals surface area (Å²) in [5, 5.41) is 9.90. The van der Waals surface area contributed by atoms with Gasteiger partial charge in [-0.1, -0.05) is 56.7 Å². The minimum Gasteiger partial charge on any atom is -0.493 e. The van der Waals surface area contributed by atoms with Gasteiger partial charge in [-0.05, 0) is 37.1 Å². The standard InChI is InChI=1S/C30H30N2O5/c1-3-5-17-35-26-13-9-7-11-23(26)30(33)36-20-14-15-22-27(18-20)37-29(32)24(19-31)28(22)21-10-6-8-12-25(21)34-16-4-2/h6-15,18,28H,3-5,16-17,32H2,1-2H3. The van der Waals surface area contributed by atoms with Gasteiger partial charge in [0.15, 0.2) is 0 Å². The monoisotopic (exact) mass is 498 g/mol. The molecule has 1 unspecified atom stereocenters. The number of nitrogens with zero attached hydrogens (tertiary/aromatic N) is 1. The van der Waals surface area contributed by atoms with Crippen molar-refractivity contribution in [1.82, 2.24) is 0 Å². The van der Waals surface area contributed by atoms with Gasteiger partial charge < -0.3 is 24.7 Å². The third kappa shape index (κ3) is 5.70. The highest BCUT2D eigenvalue weighted by molar-refractivity contribution is 5.94. The Morgan fingerprint density at radius 3 is 2.43 bits per heavy atom. The molecule has 0 bridgehead atoms. The number of fused-ring (bicyclic) bond motifs is 1. The number of hydrogen-bond acceptors (Lipinski definition) is 7. The molecule has 7 nitrogen and oxygen atoms in total. The summed E-state index contributed by atoms with van der Waals surface area (Å²) in [4.78, 5) is 13.0. The molecule has 1 aliphatic rings. The number of para-hydroxylation sites is 2. The molecule has 0 fully saturated rings. The van der Waals surface area contributed by atoms with Crippen LogP contribution in [0.25, 0.3) is 0 Å². The minimum absolute atomic E-state index is 0.00319. The fourth-order valence-corrected chi connectivity index (χ4v) is 4.13. The maximum atomic E-state index is 13.0. The lowest BCUT2D eigenvalue weighted by Gasteiger charge is -2.28. The van der Waals surface area contributed by atoms with E-state index in [0.29, 0.717) is 41.6 Å². The topological polar surface area (TPSA) is 104 Å². The van der Waals surface area contributed by atoms with Gasteiger partial charge in [0, 0.05) is 17.2 Å². The van der Waals surface area contributed by atoms with E-state index in [4.69, 9.17) is 24.7 Å². The first-order valence-corrected chi connectivity index (χ1v) is 12.4. The van der Waals surface area contributed by atoms with Gasteiger partial charge in [-0.25, -0.2) is 4.79 Å². The van der Waals surface area contributed by atoms with Crippen LogP contribution in [0.15, 0.2) is 78.2 Å². The first kappa shape index (κ1) is 25.6. The van der Waals surface area contributed by atoms with Crippen LogP contribution in [0, 0.1) is 11.3 Å². The third-order valence-corrected chi connectivity index (χ3v) is 5.96. The van der Waals surface area contributed by atoms with Crippen LogP contribution in [0.5, 0.6) is 23.0 Å². The smallest absolute Gasteiger partial charge is 0.347 e. The second kappa shape index (κ2) is 12.0. The number of esters is 1. The number of ether oxygens (including phenoxy) is 4. The van der Waals surface area contributed by atoms with Crippen LogP contribution in [0.3, 0.4) is 0 Å². The van der Waals surface area contributed by atoms with Gasteiger partial charge >= 0.3 is 5.97 Å². The fourth-order valence-electron chi connectivity index (χ4n) is 4.13. The summed E-state index contributed by atoms with van der Waals surface area (Å²) in [6, 6.07) is 21.8. The average Bonchev–Trinajstić information content (AvgIpc) is 2.91. The van der Waals surface area contributed by atoms with E-state index >= 15 is 0 Å². The Labute approximate surface area is 217 Å². The minimum atomic E-state index is -0.543. The van der Waals surface area contributed by atoms with Crippen LogP contribution in [0.1, 0.15) is 60.5 Å². The highest BCUT2D eigenvalue weighted by Crippen LogP contribution is 2.46. The Balaban J connectivity index is 1.64. The van der Waals surface area contributed by atoms with Crippen molar-refractivity contribution in [2.24, 2.45) is 5.73 Å². The van der Waals surface area contributed by atoms with E-state index in [1.165, 1.54) is 0 Å². The number of nitriles is 1. The van der Waals surface area contributed by atoms with Gasteiger partial charge in [0.25, 0.3) is 0 Å². The summed E-state index contributed by atoms with van der Waals surface area (Å²) in [7, 11) is 0. The van der Waals surface area contributed by atoms with Gasteiger partial charge in [0.1, 0.15) is 40.2 Å². The molecule has 3 aromatic rings. The predicted molar refractivity (Wildman–Crippen MR) is 140 cm³/mol. The van der Waals surface area contributed by atoms with Gasteiger partial charge in [-0.2, -0.15) is 5.26 Å². The zero-order valence-electron chi connectivity index (χ0n) is 21.0. The highest BCUT2D eigenvalue weighted by atomic mass is 16.5. The molecule has 7 heteroatoms. The average molecular weight is 499 g/mol. The molecule has 37 heavy (non-hydrogen) atoms. The van der Waals surface area contributed by atoms with Crippen LogP contribution < -0.4 is 24.7 Å². The molecule has 0 saturated heterocycles. The van der Waals surface area contributed by atoms with Crippen LogP contribution in [0.4, 0.5) is 0 Å². The molecule has 1 aliphatic heterocycles. The molecular formula is C30H30N2O5. The largest absolute Gasteiger partial charge is 0.493 e. The second-order valence-electron chi connectivity index (χ2n) is 8.60. The molecule has 0 spiro atoms.